The number of aromatic nitrogens is 2. The van der Waals surface area contributed by atoms with Crippen LogP contribution in [0.15, 0.2) is 34.7 Å². The van der Waals surface area contributed by atoms with Gasteiger partial charge >= 0.3 is 0 Å². The van der Waals surface area contributed by atoms with Gasteiger partial charge in [0.05, 0.1) is 13.2 Å². The molecule has 1 aromatic carbocycles. The predicted molar refractivity (Wildman–Crippen MR) is 74.9 cm³/mol. The molecule has 0 radical (unpaired) electrons. The summed E-state index contributed by atoms with van der Waals surface area (Å²) in [4.78, 5) is 4.16. The molecule has 0 amide bonds. The highest BCUT2D eigenvalue weighted by molar-refractivity contribution is 7.91. The topological polar surface area (TPSA) is 72.4 Å². The van der Waals surface area contributed by atoms with Gasteiger partial charge in [-0.05, 0) is 11.5 Å². The van der Waals surface area contributed by atoms with Gasteiger partial charge in [0.2, 0.25) is 4.34 Å². The Labute approximate surface area is 121 Å². The van der Waals surface area contributed by atoms with Crippen molar-refractivity contribution in [2.24, 2.45) is 0 Å². The monoisotopic (exact) mass is 311 g/mol. The summed E-state index contributed by atoms with van der Waals surface area (Å²) in [7, 11) is -3.55. The zero-order valence-corrected chi connectivity index (χ0v) is 12.2. The van der Waals surface area contributed by atoms with Gasteiger partial charge < -0.3 is 4.74 Å². The summed E-state index contributed by atoms with van der Waals surface area (Å²) in [6.07, 6.45) is 0. The van der Waals surface area contributed by atoms with Crippen LogP contribution in [-0.2, 0) is 14.8 Å². The molecular weight excluding hydrogens is 298 g/mol. The highest BCUT2D eigenvalue weighted by atomic mass is 32.2. The fourth-order valence-corrected chi connectivity index (χ4v) is 4.21. The van der Waals surface area contributed by atoms with E-state index in [1.807, 2.05) is 30.3 Å². The Morgan fingerprint density at radius 2 is 1.85 bits per heavy atom. The van der Waals surface area contributed by atoms with Gasteiger partial charge in [0.25, 0.3) is 10.0 Å². The van der Waals surface area contributed by atoms with Crippen molar-refractivity contribution in [3.63, 3.8) is 0 Å². The fourth-order valence-electron chi connectivity index (χ4n) is 1.92. The third-order valence-corrected chi connectivity index (χ3v) is 5.91. The lowest BCUT2D eigenvalue weighted by Gasteiger charge is -2.24. The molecule has 2 aromatic rings. The van der Waals surface area contributed by atoms with Crippen LogP contribution in [0.25, 0.3) is 11.4 Å². The van der Waals surface area contributed by atoms with Crippen molar-refractivity contribution in [3.05, 3.63) is 30.3 Å². The Kier molecular flexibility index (Phi) is 3.79. The minimum absolute atomic E-state index is 0.0400. The van der Waals surface area contributed by atoms with Crippen LogP contribution < -0.4 is 0 Å². The third kappa shape index (κ3) is 2.59. The fraction of sp³-hybridized carbons (Fsp3) is 0.333. The lowest BCUT2D eigenvalue weighted by molar-refractivity contribution is 0.0730. The minimum atomic E-state index is -3.55. The normalized spacial score (nSPS) is 17.2. The van der Waals surface area contributed by atoms with Crippen molar-refractivity contribution in [2.75, 3.05) is 26.3 Å². The van der Waals surface area contributed by atoms with Gasteiger partial charge in [0.15, 0.2) is 5.82 Å². The van der Waals surface area contributed by atoms with Gasteiger partial charge in [-0.1, -0.05) is 30.3 Å². The molecule has 3 rings (SSSR count). The molecule has 0 atom stereocenters. The Morgan fingerprint density at radius 1 is 1.15 bits per heavy atom. The molecule has 1 saturated heterocycles. The highest BCUT2D eigenvalue weighted by Gasteiger charge is 2.29. The van der Waals surface area contributed by atoms with Crippen molar-refractivity contribution in [2.45, 2.75) is 4.34 Å². The summed E-state index contributed by atoms with van der Waals surface area (Å²) < 4.78 is 35.6. The van der Waals surface area contributed by atoms with Crippen LogP contribution in [0.1, 0.15) is 0 Å². The molecule has 0 unspecified atom stereocenters. The molecule has 1 aromatic heterocycles. The number of hydrogen-bond donors (Lipinski definition) is 0. The molecule has 0 aliphatic carbocycles. The van der Waals surface area contributed by atoms with Gasteiger partial charge in [-0.15, -0.1) is 0 Å². The van der Waals surface area contributed by atoms with E-state index in [0.29, 0.717) is 32.1 Å². The second-order valence-electron chi connectivity index (χ2n) is 4.27. The predicted octanol–water partition coefficient (Wildman–Crippen LogP) is 1.23. The van der Waals surface area contributed by atoms with Gasteiger partial charge in [0.1, 0.15) is 0 Å². The second-order valence-corrected chi connectivity index (χ2v) is 7.13. The summed E-state index contributed by atoms with van der Waals surface area (Å²) in [5.41, 5.74) is 0.812. The van der Waals surface area contributed by atoms with E-state index >= 15 is 0 Å². The molecule has 106 valence electrons. The number of benzene rings is 1. The second kappa shape index (κ2) is 5.57. The van der Waals surface area contributed by atoms with Crippen LogP contribution in [0.3, 0.4) is 0 Å². The van der Waals surface area contributed by atoms with E-state index in [0.717, 1.165) is 17.1 Å². The van der Waals surface area contributed by atoms with E-state index in [1.165, 1.54) is 4.31 Å². The number of rotatable bonds is 3. The SMILES string of the molecule is O=S(=O)(c1nc(-c2ccccc2)ns1)N1CCOCC1. The standard InChI is InChI=1S/C12H13N3O3S2/c16-20(17,15-6-8-18-9-7-15)12-13-11(14-19-12)10-4-2-1-3-5-10/h1-5H,6-9H2. The number of sulfonamides is 1. The van der Waals surface area contributed by atoms with Crippen molar-refractivity contribution in [1.82, 2.24) is 13.7 Å². The first-order valence-electron chi connectivity index (χ1n) is 6.15. The van der Waals surface area contributed by atoms with Crippen LogP contribution >= 0.6 is 11.5 Å². The molecule has 1 aliphatic heterocycles. The molecule has 6 nitrogen and oxygen atoms in total. The summed E-state index contributed by atoms with van der Waals surface area (Å²) in [6.45, 7) is 1.57. The molecule has 0 saturated carbocycles. The molecule has 2 heterocycles. The van der Waals surface area contributed by atoms with Crippen molar-refractivity contribution in [3.8, 4) is 11.4 Å². The van der Waals surface area contributed by atoms with E-state index < -0.39 is 10.0 Å². The van der Waals surface area contributed by atoms with Crippen LogP contribution in [-0.4, -0.2) is 48.4 Å². The van der Waals surface area contributed by atoms with E-state index in [2.05, 4.69) is 9.36 Å². The molecule has 1 aliphatic rings. The molecule has 1 fully saturated rings. The third-order valence-electron chi connectivity index (χ3n) is 2.97. The Balaban J connectivity index is 1.89. The van der Waals surface area contributed by atoms with E-state index in [-0.39, 0.29) is 4.34 Å². The lowest BCUT2D eigenvalue weighted by Crippen LogP contribution is -2.40. The quantitative estimate of drug-likeness (QED) is 0.852. The molecule has 0 N–H and O–H groups in total. The highest BCUT2D eigenvalue weighted by Crippen LogP contribution is 2.23. The maximum Gasteiger partial charge on any atom is 0.272 e. The maximum atomic E-state index is 12.4. The first-order chi connectivity index (χ1) is 9.68. The van der Waals surface area contributed by atoms with Crippen LogP contribution in [0, 0.1) is 0 Å². The molecule has 0 spiro atoms. The summed E-state index contributed by atoms with van der Waals surface area (Å²) in [6, 6.07) is 9.33. The number of hydrogen-bond acceptors (Lipinski definition) is 6. The Bertz CT molecular complexity index is 679. The van der Waals surface area contributed by atoms with Crippen LogP contribution in [0.4, 0.5) is 0 Å². The van der Waals surface area contributed by atoms with Gasteiger partial charge in [-0.3, -0.25) is 0 Å². The first kappa shape index (κ1) is 13.6. The average Bonchev–Trinajstić information content (AvgIpc) is 3.00. The number of nitrogens with zero attached hydrogens (tertiary/aromatic N) is 3. The van der Waals surface area contributed by atoms with Crippen molar-refractivity contribution >= 4 is 21.6 Å². The van der Waals surface area contributed by atoms with Gasteiger partial charge in [-0.25, -0.2) is 13.4 Å². The van der Waals surface area contributed by atoms with Crippen molar-refractivity contribution < 1.29 is 13.2 Å². The van der Waals surface area contributed by atoms with E-state index in [4.69, 9.17) is 4.74 Å². The molecule has 20 heavy (non-hydrogen) atoms. The summed E-state index contributed by atoms with van der Waals surface area (Å²) >= 11 is 0.913. The van der Waals surface area contributed by atoms with Crippen LogP contribution in [0.5, 0.6) is 0 Å². The van der Waals surface area contributed by atoms with E-state index in [9.17, 15) is 8.42 Å². The summed E-state index contributed by atoms with van der Waals surface area (Å²) in [5, 5.41) is 0. The smallest absolute Gasteiger partial charge is 0.272 e. The molecule has 8 heteroatoms. The zero-order chi connectivity index (χ0) is 14.0. The molecule has 0 bridgehead atoms. The number of ether oxygens (including phenoxy) is 1. The lowest BCUT2D eigenvalue weighted by atomic mass is 10.2. The Morgan fingerprint density at radius 3 is 2.55 bits per heavy atom. The maximum absolute atomic E-state index is 12.4. The zero-order valence-electron chi connectivity index (χ0n) is 10.6. The average molecular weight is 311 g/mol. The summed E-state index contributed by atoms with van der Waals surface area (Å²) in [5.74, 6) is 0.447. The largest absolute Gasteiger partial charge is 0.379 e. The van der Waals surface area contributed by atoms with Gasteiger partial charge in [0, 0.05) is 18.7 Å². The Hall–Kier alpha value is -1.35. The molecular formula is C12H13N3O3S2. The van der Waals surface area contributed by atoms with Gasteiger partial charge in [-0.2, -0.15) is 8.68 Å². The van der Waals surface area contributed by atoms with E-state index in [1.54, 1.807) is 0 Å². The minimum Gasteiger partial charge on any atom is -0.379 e. The first-order valence-corrected chi connectivity index (χ1v) is 8.36. The van der Waals surface area contributed by atoms with Crippen molar-refractivity contribution in [1.29, 1.82) is 0 Å². The van der Waals surface area contributed by atoms with Crippen LogP contribution in [0.2, 0.25) is 0 Å². The number of morpholine rings is 1.